The van der Waals surface area contributed by atoms with Gasteiger partial charge in [0.15, 0.2) is 0 Å². The summed E-state index contributed by atoms with van der Waals surface area (Å²) in [6.45, 7) is 3.91. The van der Waals surface area contributed by atoms with Gasteiger partial charge in [-0.3, -0.25) is 9.69 Å². The Kier molecular flexibility index (Phi) is 11.6. The van der Waals surface area contributed by atoms with E-state index in [1.54, 1.807) is 0 Å². The van der Waals surface area contributed by atoms with Crippen LogP contribution in [0.4, 0.5) is 0 Å². The molecule has 2 unspecified atom stereocenters. The maximum Gasteiger partial charge on any atom is 0.136 e. The first-order valence-electron chi connectivity index (χ1n) is 12.0. The molecule has 2 heterocycles. The zero-order valence-electron chi connectivity index (χ0n) is 18.2. The van der Waals surface area contributed by atoms with Crippen LogP contribution in [0.2, 0.25) is 0 Å². The topological polar surface area (TPSA) is 29.5 Å². The van der Waals surface area contributed by atoms with Crippen LogP contribution in [0.1, 0.15) is 110 Å². The van der Waals surface area contributed by atoms with Crippen LogP contribution in [0.3, 0.4) is 0 Å². The lowest BCUT2D eigenvalue weighted by Crippen LogP contribution is -2.55. The lowest BCUT2D eigenvalue weighted by atomic mass is 9.81. The Morgan fingerprint density at radius 1 is 0.778 bits per heavy atom. The largest absolute Gasteiger partial charge is 0.378 e. The van der Waals surface area contributed by atoms with Crippen LogP contribution in [0, 0.1) is 5.92 Å². The predicted octanol–water partition coefficient (Wildman–Crippen LogP) is 6.15. The van der Waals surface area contributed by atoms with Gasteiger partial charge in [0.25, 0.3) is 0 Å². The number of rotatable bonds is 15. The Morgan fingerprint density at radius 3 is 1.70 bits per heavy atom. The molecular formula is C24H45NO2. The molecule has 2 fully saturated rings. The summed E-state index contributed by atoms with van der Waals surface area (Å²) < 4.78 is 5.66. The average Bonchev–Trinajstić information content (AvgIpc) is 2.65. The van der Waals surface area contributed by atoms with Crippen LogP contribution < -0.4 is 0 Å². The zero-order valence-corrected chi connectivity index (χ0v) is 18.2. The second-order valence-electron chi connectivity index (χ2n) is 9.14. The molecule has 0 amide bonds. The van der Waals surface area contributed by atoms with Gasteiger partial charge in [-0.1, -0.05) is 84.0 Å². The van der Waals surface area contributed by atoms with E-state index in [0.717, 1.165) is 38.9 Å². The molecule has 3 heteroatoms. The first-order chi connectivity index (χ1) is 13.2. The van der Waals surface area contributed by atoms with Crippen LogP contribution in [0.15, 0.2) is 0 Å². The highest BCUT2D eigenvalue weighted by Crippen LogP contribution is 2.31. The Balaban J connectivity index is 1.39. The summed E-state index contributed by atoms with van der Waals surface area (Å²) in [5.41, 5.74) is 0. The van der Waals surface area contributed by atoms with Gasteiger partial charge in [-0.05, 0) is 26.3 Å². The predicted molar refractivity (Wildman–Crippen MR) is 114 cm³/mol. The second-order valence-corrected chi connectivity index (χ2v) is 9.14. The number of Topliss-reactive ketones (excluding diaryl/α,β-unsaturated/α-hetero) is 1. The highest BCUT2D eigenvalue weighted by atomic mass is 16.5. The third-order valence-electron chi connectivity index (χ3n) is 6.87. The molecule has 2 saturated heterocycles. The van der Waals surface area contributed by atoms with Crippen molar-refractivity contribution in [3.63, 3.8) is 0 Å². The fraction of sp³-hybridized carbons (Fsp3) is 0.958. The minimum atomic E-state index is 0.303. The SMILES string of the molecule is CCCCCCCCCCCCCCCC(=O)C1CC2COCC(C1)N2C. The number of likely N-dealkylation sites (N-methyl/N-ethyl adjacent to an activating group) is 1. The number of carbonyl (C=O) groups excluding carboxylic acids is 1. The number of fused-ring (bicyclic) bond motifs is 2. The van der Waals surface area contributed by atoms with Crippen molar-refractivity contribution in [1.82, 2.24) is 4.90 Å². The van der Waals surface area contributed by atoms with E-state index in [1.165, 1.54) is 77.0 Å². The van der Waals surface area contributed by atoms with E-state index in [1.807, 2.05) is 0 Å². The van der Waals surface area contributed by atoms with Crippen LogP contribution in [-0.4, -0.2) is 43.0 Å². The van der Waals surface area contributed by atoms with Crippen LogP contribution in [0.5, 0.6) is 0 Å². The van der Waals surface area contributed by atoms with Crippen molar-refractivity contribution in [2.45, 2.75) is 122 Å². The molecule has 0 radical (unpaired) electrons. The van der Waals surface area contributed by atoms with Gasteiger partial charge in [-0.15, -0.1) is 0 Å². The third-order valence-corrected chi connectivity index (χ3v) is 6.87. The van der Waals surface area contributed by atoms with E-state index in [2.05, 4.69) is 18.9 Å². The lowest BCUT2D eigenvalue weighted by Gasteiger charge is -2.46. The van der Waals surface area contributed by atoms with Gasteiger partial charge in [-0.2, -0.15) is 0 Å². The summed E-state index contributed by atoms with van der Waals surface area (Å²) >= 11 is 0. The van der Waals surface area contributed by atoms with Crippen LogP contribution in [-0.2, 0) is 9.53 Å². The van der Waals surface area contributed by atoms with E-state index in [0.29, 0.717) is 23.8 Å². The van der Waals surface area contributed by atoms with E-state index in [-0.39, 0.29) is 0 Å². The fourth-order valence-corrected chi connectivity index (χ4v) is 4.88. The minimum Gasteiger partial charge on any atom is -0.378 e. The summed E-state index contributed by atoms with van der Waals surface area (Å²) in [7, 11) is 2.20. The molecule has 0 saturated carbocycles. The van der Waals surface area contributed by atoms with Crippen molar-refractivity contribution in [2.75, 3.05) is 20.3 Å². The van der Waals surface area contributed by atoms with Crippen molar-refractivity contribution in [3.05, 3.63) is 0 Å². The quantitative estimate of drug-likeness (QED) is 0.320. The molecule has 3 nitrogen and oxygen atoms in total. The molecule has 2 atom stereocenters. The van der Waals surface area contributed by atoms with E-state index in [9.17, 15) is 4.79 Å². The Morgan fingerprint density at radius 2 is 1.22 bits per heavy atom. The molecule has 2 bridgehead atoms. The summed E-state index contributed by atoms with van der Waals surface area (Å²) in [5, 5.41) is 0. The summed E-state index contributed by atoms with van der Waals surface area (Å²) in [4.78, 5) is 15.0. The summed E-state index contributed by atoms with van der Waals surface area (Å²) in [5.74, 6) is 0.834. The molecule has 0 aromatic rings. The molecule has 2 aliphatic rings. The number of hydrogen-bond donors (Lipinski definition) is 0. The number of ketones is 1. The van der Waals surface area contributed by atoms with Gasteiger partial charge in [0.1, 0.15) is 5.78 Å². The monoisotopic (exact) mass is 379 g/mol. The lowest BCUT2D eigenvalue weighted by molar-refractivity contribution is -0.131. The van der Waals surface area contributed by atoms with E-state index in [4.69, 9.17) is 4.74 Å². The van der Waals surface area contributed by atoms with Gasteiger partial charge >= 0.3 is 0 Å². The minimum absolute atomic E-state index is 0.303. The smallest absolute Gasteiger partial charge is 0.136 e. The molecule has 0 spiro atoms. The van der Waals surface area contributed by atoms with Crippen molar-refractivity contribution in [1.29, 1.82) is 0 Å². The van der Waals surface area contributed by atoms with E-state index >= 15 is 0 Å². The number of ether oxygens (including phenoxy) is 1. The third kappa shape index (κ3) is 8.64. The normalized spacial score (nSPS) is 25.6. The highest BCUT2D eigenvalue weighted by molar-refractivity contribution is 5.81. The van der Waals surface area contributed by atoms with Crippen molar-refractivity contribution >= 4 is 5.78 Å². The van der Waals surface area contributed by atoms with Crippen molar-refractivity contribution < 1.29 is 9.53 Å². The highest BCUT2D eigenvalue weighted by Gasteiger charge is 2.38. The molecule has 0 aliphatic carbocycles. The van der Waals surface area contributed by atoms with Crippen molar-refractivity contribution in [2.24, 2.45) is 5.92 Å². The fourth-order valence-electron chi connectivity index (χ4n) is 4.88. The number of carbonyl (C=O) groups is 1. The van der Waals surface area contributed by atoms with Gasteiger partial charge in [0.05, 0.1) is 13.2 Å². The van der Waals surface area contributed by atoms with Crippen LogP contribution >= 0.6 is 0 Å². The molecule has 2 rings (SSSR count). The number of hydrogen-bond acceptors (Lipinski definition) is 3. The Hall–Kier alpha value is -0.410. The molecule has 0 N–H and O–H groups in total. The van der Waals surface area contributed by atoms with Crippen LogP contribution in [0.25, 0.3) is 0 Å². The van der Waals surface area contributed by atoms with Gasteiger partial charge in [0.2, 0.25) is 0 Å². The summed E-state index contributed by atoms with van der Waals surface area (Å²) in [6, 6.07) is 0.941. The molecule has 0 aromatic heterocycles. The molecule has 27 heavy (non-hydrogen) atoms. The average molecular weight is 380 g/mol. The first kappa shape index (κ1) is 22.9. The van der Waals surface area contributed by atoms with Gasteiger partial charge in [-0.25, -0.2) is 0 Å². The Labute approximate surface area is 168 Å². The van der Waals surface area contributed by atoms with Crippen molar-refractivity contribution in [3.8, 4) is 0 Å². The zero-order chi connectivity index (χ0) is 19.3. The number of nitrogens with zero attached hydrogens (tertiary/aromatic N) is 1. The molecule has 2 aliphatic heterocycles. The molecule has 158 valence electrons. The maximum absolute atomic E-state index is 12.6. The second kappa shape index (κ2) is 13.7. The molecular weight excluding hydrogens is 334 g/mol. The Bertz CT molecular complexity index is 384. The number of unbranched alkanes of at least 4 members (excludes halogenated alkanes) is 12. The standard InChI is InChI=1S/C24H45NO2/c1-3-4-5-6-7-8-9-10-11-12-13-14-15-16-24(26)21-17-22-19-27-20-23(18-21)25(22)2/h21-23H,3-20H2,1-2H3. The van der Waals surface area contributed by atoms with Gasteiger partial charge in [0, 0.05) is 24.4 Å². The number of piperidine rings is 1. The molecule has 0 aromatic carbocycles. The van der Waals surface area contributed by atoms with E-state index < -0.39 is 0 Å². The summed E-state index contributed by atoms with van der Waals surface area (Å²) in [6.07, 6.45) is 20.6. The first-order valence-corrected chi connectivity index (χ1v) is 12.0. The number of morpholine rings is 1. The van der Waals surface area contributed by atoms with Gasteiger partial charge < -0.3 is 4.74 Å². The maximum atomic E-state index is 12.6.